The molecule has 7 heteroatoms. The molecule has 1 saturated heterocycles. The molecule has 0 N–H and O–H groups in total. The molecule has 0 amide bonds. The number of carbonyl (C=O) groups is 3. The Morgan fingerprint density at radius 2 is 1.00 bits per heavy atom. The van der Waals surface area contributed by atoms with Crippen LogP contribution in [0.2, 0.25) is 0 Å². The number of ether oxygens (including phenoxy) is 3. The molecule has 1 heterocycles. The van der Waals surface area contributed by atoms with Crippen LogP contribution in [0.15, 0.2) is 24.3 Å². The quantitative estimate of drug-likeness (QED) is 0.0281. The van der Waals surface area contributed by atoms with E-state index in [-0.39, 0.29) is 24.0 Å². The van der Waals surface area contributed by atoms with Crippen LogP contribution in [0.4, 0.5) is 0 Å². The third kappa shape index (κ3) is 29.6. The lowest BCUT2D eigenvalue weighted by Crippen LogP contribution is -2.45. The molecule has 0 spiro atoms. The Kier molecular flexibility index (Phi) is 31.2. The van der Waals surface area contributed by atoms with E-state index < -0.39 is 0 Å². The SMILES string of the molecule is CCCCCC/C=C\COC(=O)CCCCCCCC(CCCCCCCC(=O)OC/C=C\CCCCCC)OC(=O)CCCN1CC(C)C1. The molecule has 0 aromatic rings. The lowest BCUT2D eigenvalue weighted by Gasteiger charge is -2.37. The number of hydrogen-bond acceptors (Lipinski definition) is 7. The first-order valence-electron chi connectivity index (χ1n) is 21.0. The summed E-state index contributed by atoms with van der Waals surface area (Å²) in [4.78, 5) is 39.1. The van der Waals surface area contributed by atoms with Crippen molar-refractivity contribution >= 4 is 17.9 Å². The molecule has 0 aromatic carbocycles. The third-order valence-electron chi connectivity index (χ3n) is 9.57. The number of allylic oxidation sites excluding steroid dienone is 2. The highest BCUT2D eigenvalue weighted by Gasteiger charge is 2.22. The molecule has 1 rings (SSSR count). The van der Waals surface area contributed by atoms with Gasteiger partial charge in [-0.15, -0.1) is 0 Å². The van der Waals surface area contributed by atoms with E-state index in [1.165, 1.54) is 51.4 Å². The van der Waals surface area contributed by atoms with Gasteiger partial charge in [-0.2, -0.15) is 0 Å². The first-order chi connectivity index (χ1) is 24.4. The van der Waals surface area contributed by atoms with Gasteiger partial charge in [0.1, 0.15) is 19.3 Å². The minimum atomic E-state index is -0.104. The molecule has 0 radical (unpaired) electrons. The van der Waals surface area contributed by atoms with Crippen LogP contribution in [-0.4, -0.2) is 61.8 Å². The van der Waals surface area contributed by atoms with Gasteiger partial charge in [0, 0.05) is 32.4 Å². The van der Waals surface area contributed by atoms with Gasteiger partial charge in [-0.1, -0.05) is 122 Å². The van der Waals surface area contributed by atoms with E-state index in [2.05, 4.69) is 37.8 Å². The van der Waals surface area contributed by atoms with Gasteiger partial charge in [0.25, 0.3) is 0 Å². The summed E-state index contributed by atoms with van der Waals surface area (Å²) in [6, 6.07) is 0. The van der Waals surface area contributed by atoms with Gasteiger partial charge in [0.15, 0.2) is 0 Å². The summed E-state index contributed by atoms with van der Waals surface area (Å²) >= 11 is 0. The van der Waals surface area contributed by atoms with Crippen LogP contribution in [0.1, 0.15) is 188 Å². The summed E-state index contributed by atoms with van der Waals surface area (Å²) < 4.78 is 16.7. The van der Waals surface area contributed by atoms with Gasteiger partial charge >= 0.3 is 17.9 Å². The number of hydrogen-bond donors (Lipinski definition) is 0. The molecule has 0 bridgehead atoms. The van der Waals surface area contributed by atoms with Gasteiger partial charge in [-0.05, 0) is 83.1 Å². The molecule has 0 saturated carbocycles. The van der Waals surface area contributed by atoms with Crippen molar-refractivity contribution in [3.8, 4) is 0 Å². The van der Waals surface area contributed by atoms with Crippen LogP contribution in [0.5, 0.6) is 0 Å². The van der Waals surface area contributed by atoms with E-state index in [9.17, 15) is 14.4 Å². The Balaban J connectivity index is 2.19. The minimum absolute atomic E-state index is 0.0177. The first-order valence-corrected chi connectivity index (χ1v) is 21.0. The highest BCUT2D eigenvalue weighted by molar-refractivity contribution is 5.70. The number of esters is 3. The fourth-order valence-corrected chi connectivity index (χ4v) is 6.48. The summed E-state index contributed by atoms with van der Waals surface area (Å²) in [5.74, 6) is 0.515. The van der Waals surface area contributed by atoms with Crippen molar-refractivity contribution in [3.05, 3.63) is 24.3 Å². The Bertz CT molecular complexity index is 829. The highest BCUT2D eigenvalue weighted by Crippen LogP contribution is 2.19. The number of unbranched alkanes of at least 4 members (excludes halogenated alkanes) is 16. The summed E-state index contributed by atoms with van der Waals surface area (Å²) in [6.07, 6.45) is 34.6. The molecule has 0 atom stereocenters. The predicted molar refractivity (Wildman–Crippen MR) is 207 cm³/mol. The predicted octanol–water partition coefficient (Wildman–Crippen LogP) is 11.2. The van der Waals surface area contributed by atoms with Crippen LogP contribution in [0.25, 0.3) is 0 Å². The molecule has 290 valence electrons. The largest absolute Gasteiger partial charge is 0.462 e. The molecular formula is C43H77NO6. The number of nitrogens with zero attached hydrogens (tertiary/aromatic N) is 1. The van der Waals surface area contributed by atoms with E-state index in [0.717, 1.165) is 122 Å². The maximum Gasteiger partial charge on any atom is 0.306 e. The lowest BCUT2D eigenvalue weighted by molar-refractivity contribution is -0.150. The van der Waals surface area contributed by atoms with Crippen molar-refractivity contribution in [2.24, 2.45) is 5.92 Å². The number of likely N-dealkylation sites (tertiary alicyclic amines) is 1. The van der Waals surface area contributed by atoms with Crippen molar-refractivity contribution in [1.29, 1.82) is 0 Å². The Labute approximate surface area is 307 Å². The summed E-state index contributed by atoms with van der Waals surface area (Å²) in [5, 5.41) is 0. The van der Waals surface area contributed by atoms with Crippen LogP contribution >= 0.6 is 0 Å². The average Bonchev–Trinajstić information content (AvgIpc) is 3.08. The Hall–Kier alpha value is -2.15. The van der Waals surface area contributed by atoms with Gasteiger partial charge in [-0.3, -0.25) is 14.4 Å². The van der Waals surface area contributed by atoms with Gasteiger partial charge in [0.2, 0.25) is 0 Å². The fourth-order valence-electron chi connectivity index (χ4n) is 6.48. The third-order valence-corrected chi connectivity index (χ3v) is 9.57. The molecule has 0 aliphatic carbocycles. The van der Waals surface area contributed by atoms with Crippen LogP contribution in [0.3, 0.4) is 0 Å². The van der Waals surface area contributed by atoms with Gasteiger partial charge in [0.05, 0.1) is 0 Å². The smallest absolute Gasteiger partial charge is 0.306 e. The van der Waals surface area contributed by atoms with Crippen molar-refractivity contribution in [3.63, 3.8) is 0 Å². The zero-order chi connectivity index (χ0) is 36.3. The first kappa shape index (κ1) is 45.9. The second-order valence-corrected chi connectivity index (χ2v) is 14.7. The molecular weight excluding hydrogens is 626 g/mol. The van der Waals surface area contributed by atoms with E-state index in [4.69, 9.17) is 14.2 Å². The molecule has 1 aliphatic heterocycles. The normalized spacial score (nSPS) is 13.8. The summed E-state index contributed by atoms with van der Waals surface area (Å²) in [5.41, 5.74) is 0. The standard InChI is InChI=1S/C43H77NO6/c1-4-6-8-10-12-20-26-35-48-41(45)31-24-18-14-16-22-29-40(50-43(47)33-28-34-44-37-39(3)38-44)30-23-17-15-19-25-32-42(46)49-36-27-21-13-11-9-7-5-2/h20-21,26-27,39-40H,4-19,22-25,28-38H2,1-3H3/b26-20-,27-21-. The van der Waals surface area contributed by atoms with Crippen molar-refractivity contribution in [2.45, 2.75) is 194 Å². The van der Waals surface area contributed by atoms with Crippen LogP contribution < -0.4 is 0 Å². The number of carbonyl (C=O) groups excluding carboxylic acids is 3. The van der Waals surface area contributed by atoms with E-state index in [1.54, 1.807) is 0 Å². The topological polar surface area (TPSA) is 82.1 Å². The monoisotopic (exact) mass is 704 g/mol. The van der Waals surface area contributed by atoms with Gasteiger partial charge in [-0.25, -0.2) is 0 Å². The average molecular weight is 704 g/mol. The zero-order valence-corrected chi connectivity index (χ0v) is 32.8. The van der Waals surface area contributed by atoms with E-state index >= 15 is 0 Å². The van der Waals surface area contributed by atoms with Crippen LogP contribution in [-0.2, 0) is 28.6 Å². The molecule has 0 unspecified atom stereocenters. The second kappa shape index (κ2) is 34.0. The Morgan fingerprint density at radius 3 is 1.48 bits per heavy atom. The minimum Gasteiger partial charge on any atom is -0.462 e. The van der Waals surface area contributed by atoms with Crippen molar-refractivity contribution < 1.29 is 28.6 Å². The zero-order valence-electron chi connectivity index (χ0n) is 32.8. The Morgan fingerprint density at radius 1 is 0.560 bits per heavy atom. The molecule has 1 aliphatic rings. The van der Waals surface area contributed by atoms with Crippen molar-refractivity contribution in [2.75, 3.05) is 32.8 Å². The maximum absolute atomic E-state index is 12.7. The van der Waals surface area contributed by atoms with Crippen LogP contribution in [0, 0.1) is 5.92 Å². The van der Waals surface area contributed by atoms with E-state index in [1.807, 2.05) is 12.2 Å². The molecule has 1 fully saturated rings. The maximum atomic E-state index is 12.7. The molecule has 0 aromatic heterocycles. The van der Waals surface area contributed by atoms with Crippen molar-refractivity contribution in [1.82, 2.24) is 4.90 Å². The summed E-state index contributed by atoms with van der Waals surface area (Å²) in [7, 11) is 0. The van der Waals surface area contributed by atoms with Gasteiger partial charge < -0.3 is 19.1 Å². The molecule has 50 heavy (non-hydrogen) atoms. The highest BCUT2D eigenvalue weighted by atomic mass is 16.5. The molecule has 7 nitrogen and oxygen atoms in total. The number of rotatable bonds is 35. The summed E-state index contributed by atoms with van der Waals surface area (Å²) in [6.45, 7) is 10.7. The van der Waals surface area contributed by atoms with E-state index in [0.29, 0.717) is 32.5 Å². The fraction of sp³-hybridized carbons (Fsp3) is 0.837. The second-order valence-electron chi connectivity index (χ2n) is 14.7. The lowest BCUT2D eigenvalue weighted by atomic mass is 10.0.